The van der Waals surface area contributed by atoms with Crippen molar-refractivity contribution in [3.63, 3.8) is 0 Å². The second-order valence-electron chi connectivity index (χ2n) is 4.23. The van der Waals surface area contributed by atoms with Gasteiger partial charge in [0, 0.05) is 0 Å². The van der Waals surface area contributed by atoms with E-state index in [2.05, 4.69) is 32.0 Å². The van der Waals surface area contributed by atoms with Gasteiger partial charge in [-0.1, -0.05) is 35.9 Å². The number of hydrogen-bond donors (Lipinski definition) is 0. The molecular formula is C15H15F. The van der Waals surface area contributed by atoms with Crippen molar-refractivity contribution >= 4 is 0 Å². The Hall–Kier alpha value is -1.63. The van der Waals surface area contributed by atoms with Crippen LogP contribution in [-0.2, 0) is 6.42 Å². The van der Waals surface area contributed by atoms with E-state index in [-0.39, 0.29) is 5.82 Å². The van der Waals surface area contributed by atoms with E-state index in [4.69, 9.17) is 0 Å². The summed E-state index contributed by atoms with van der Waals surface area (Å²) in [6.07, 6.45) is 0.867. The number of hydrogen-bond acceptors (Lipinski definition) is 0. The van der Waals surface area contributed by atoms with Crippen molar-refractivity contribution in [3.05, 3.63) is 70.5 Å². The zero-order valence-corrected chi connectivity index (χ0v) is 9.63. The molecule has 0 N–H and O–H groups in total. The molecule has 0 saturated carbocycles. The first-order chi connectivity index (χ1) is 7.65. The molecule has 2 aromatic rings. The van der Waals surface area contributed by atoms with E-state index >= 15 is 0 Å². The minimum absolute atomic E-state index is 0.177. The standard InChI is InChI=1S/C15H15F/c1-11-3-6-14(12(2)9-11)10-13-4-7-15(16)8-5-13/h3-9H,10H2,1-2H3. The SMILES string of the molecule is Cc1ccc(Cc2ccc(F)cc2)c(C)c1. The summed E-state index contributed by atoms with van der Waals surface area (Å²) in [4.78, 5) is 0. The molecule has 0 aliphatic carbocycles. The van der Waals surface area contributed by atoms with Crippen LogP contribution < -0.4 is 0 Å². The Balaban J connectivity index is 2.23. The van der Waals surface area contributed by atoms with E-state index in [1.54, 1.807) is 0 Å². The van der Waals surface area contributed by atoms with Crippen LogP contribution in [0.15, 0.2) is 42.5 Å². The van der Waals surface area contributed by atoms with E-state index in [0.717, 1.165) is 12.0 Å². The lowest BCUT2D eigenvalue weighted by Crippen LogP contribution is -1.92. The molecule has 0 saturated heterocycles. The van der Waals surface area contributed by atoms with Crippen molar-refractivity contribution < 1.29 is 4.39 Å². The fourth-order valence-electron chi connectivity index (χ4n) is 1.87. The maximum absolute atomic E-state index is 12.8. The Bertz CT molecular complexity index is 483. The number of benzene rings is 2. The van der Waals surface area contributed by atoms with Crippen molar-refractivity contribution in [2.24, 2.45) is 0 Å². The predicted molar refractivity (Wildman–Crippen MR) is 65.1 cm³/mol. The van der Waals surface area contributed by atoms with Crippen molar-refractivity contribution in [3.8, 4) is 0 Å². The molecule has 0 amide bonds. The molecule has 0 aliphatic heterocycles. The van der Waals surface area contributed by atoms with Gasteiger partial charge in [0.15, 0.2) is 0 Å². The third-order valence-electron chi connectivity index (χ3n) is 2.81. The molecule has 0 nitrogen and oxygen atoms in total. The maximum atomic E-state index is 12.8. The van der Waals surface area contributed by atoms with Crippen molar-refractivity contribution in [2.45, 2.75) is 20.3 Å². The normalized spacial score (nSPS) is 10.4. The van der Waals surface area contributed by atoms with Gasteiger partial charge in [0.1, 0.15) is 5.82 Å². The van der Waals surface area contributed by atoms with Gasteiger partial charge < -0.3 is 0 Å². The van der Waals surface area contributed by atoms with E-state index in [1.165, 1.54) is 28.8 Å². The molecule has 0 radical (unpaired) electrons. The first-order valence-corrected chi connectivity index (χ1v) is 5.46. The third kappa shape index (κ3) is 2.48. The van der Waals surface area contributed by atoms with Crippen molar-refractivity contribution in [1.29, 1.82) is 0 Å². The first kappa shape index (κ1) is 10.9. The Morgan fingerprint density at radius 1 is 0.938 bits per heavy atom. The number of rotatable bonds is 2. The summed E-state index contributed by atoms with van der Waals surface area (Å²) < 4.78 is 12.8. The quantitative estimate of drug-likeness (QED) is 0.708. The molecule has 1 heteroatoms. The smallest absolute Gasteiger partial charge is 0.123 e. The van der Waals surface area contributed by atoms with Gasteiger partial charge in [-0.15, -0.1) is 0 Å². The minimum Gasteiger partial charge on any atom is -0.207 e. The van der Waals surface area contributed by atoms with Gasteiger partial charge in [0.25, 0.3) is 0 Å². The fraction of sp³-hybridized carbons (Fsp3) is 0.200. The van der Waals surface area contributed by atoms with Gasteiger partial charge in [-0.2, -0.15) is 0 Å². The monoisotopic (exact) mass is 214 g/mol. The molecular weight excluding hydrogens is 199 g/mol. The highest BCUT2D eigenvalue weighted by atomic mass is 19.1. The van der Waals surface area contributed by atoms with Crippen molar-refractivity contribution in [1.82, 2.24) is 0 Å². The summed E-state index contributed by atoms with van der Waals surface area (Å²) in [6.45, 7) is 4.21. The summed E-state index contributed by atoms with van der Waals surface area (Å²) in [5.74, 6) is -0.177. The highest BCUT2D eigenvalue weighted by Gasteiger charge is 2.00. The van der Waals surface area contributed by atoms with Crippen LogP contribution in [0.3, 0.4) is 0 Å². The molecule has 2 aromatic carbocycles. The molecule has 16 heavy (non-hydrogen) atoms. The molecule has 0 fully saturated rings. The topological polar surface area (TPSA) is 0 Å². The van der Waals surface area contributed by atoms with Gasteiger partial charge >= 0.3 is 0 Å². The first-order valence-electron chi connectivity index (χ1n) is 5.46. The minimum atomic E-state index is -0.177. The molecule has 82 valence electrons. The van der Waals surface area contributed by atoms with Gasteiger partial charge in [-0.25, -0.2) is 4.39 Å². The molecule has 0 unspecified atom stereocenters. The van der Waals surface area contributed by atoms with E-state index in [1.807, 2.05) is 12.1 Å². The molecule has 0 spiro atoms. The van der Waals surface area contributed by atoms with Crippen LogP contribution in [0.2, 0.25) is 0 Å². The van der Waals surface area contributed by atoms with Gasteiger partial charge in [0.05, 0.1) is 0 Å². The van der Waals surface area contributed by atoms with E-state index < -0.39 is 0 Å². The second-order valence-corrected chi connectivity index (χ2v) is 4.23. The van der Waals surface area contributed by atoms with Crippen molar-refractivity contribution in [2.75, 3.05) is 0 Å². The van der Waals surface area contributed by atoms with Crippen LogP contribution in [0.1, 0.15) is 22.3 Å². The largest absolute Gasteiger partial charge is 0.207 e. The third-order valence-corrected chi connectivity index (χ3v) is 2.81. The van der Waals surface area contributed by atoms with Gasteiger partial charge in [-0.05, 0) is 49.1 Å². The summed E-state index contributed by atoms with van der Waals surface area (Å²) in [7, 11) is 0. The highest BCUT2D eigenvalue weighted by molar-refractivity contribution is 5.34. The van der Waals surface area contributed by atoms with Crippen LogP contribution in [-0.4, -0.2) is 0 Å². The average Bonchev–Trinajstić information content (AvgIpc) is 2.25. The number of halogens is 1. The Morgan fingerprint density at radius 3 is 2.25 bits per heavy atom. The summed E-state index contributed by atoms with van der Waals surface area (Å²) >= 11 is 0. The lowest BCUT2D eigenvalue weighted by molar-refractivity contribution is 0.627. The molecule has 0 heterocycles. The van der Waals surface area contributed by atoms with E-state index in [0.29, 0.717) is 0 Å². The van der Waals surface area contributed by atoms with Crippen LogP contribution >= 0.6 is 0 Å². The Labute approximate surface area is 95.7 Å². The lowest BCUT2D eigenvalue weighted by atomic mass is 9.99. The maximum Gasteiger partial charge on any atom is 0.123 e. The van der Waals surface area contributed by atoms with Crippen LogP contribution in [0.5, 0.6) is 0 Å². The summed E-state index contributed by atoms with van der Waals surface area (Å²) in [5.41, 5.74) is 5.02. The van der Waals surface area contributed by atoms with Crippen LogP contribution in [0.4, 0.5) is 4.39 Å². The van der Waals surface area contributed by atoms with E-state index in [9.17, 15) is 4.39 Å². The lowest BCUT2D eigenvalue weighted by Gasteiger charge is -2.07. The Kier molecular flexibility index (Phi) is 3.04. The summed E-state index contributed by atoms with van der Waals surface area (Å²) in [5, 5.41) is 0. The predicted octanol–water partition coefficient (Wildman–Crippen LogP) is 4.03. The van der Waals surface area contributed by atoms with Crippen LogP contribution in [0, 0.1) is 19.7 Å². The second kappa shape index (κ2) is 4.48. The van der Waals surface area contributed by atoms with Gasteiger partial charge in [-0.3, -0.25) is 0 Å². The fourth-order valence-corrected chi connectivity index (χ4v) is 1.87. The van der Waals surface area contributed by atoms with Crippen LogP contribution in [0.25, 0.3) is 0 Å². The Morgan fingerprint density at radius 2 is 1.62 bits per heavy atom. The molecule has 0 aromatic heterocycles. The molecule has 2 rings (SSSR count). The average molecular weight is 214 g/mol. The number of aryl methyl sites for hydroxylation is 2. The molecule has 0 aliphatic rings. The molecule has 0 atom stereocenters. The zero-order valence-electron chi connectivity index (χ0n) is 9.63. The summed E-state index contributed by atoms with van der Waals surface area (Å²) in [6, 6.07) is 13.2. The molecule has 0 bridgehead atoms. The zero-order chi connectivity index (χ0) is 11.5. The highest BCUT2D eigenvalue weighted by Crippen LogP contribution is 2.15. The van der Waals surface area contributed by atoms with Gasteiger partial charge in [0.2, 0.25) is 0 Å².